The normalized spacial score (nSPS) is 10.9. The van der Waals surface area contributed by atoms with Gasteiger partial charge in [0.25, 0.3) is 0 Å². The number of phenolic OH excluding ortho intramolecular Hbond substituents is 2. The van der Waals surface area contributed by atoms with Crippen molar-refractivity contribution in [2.24, 2.45) is 5.10 Å². The van der Waals surface area contributed by atoms with Gasteiger partial charge < -0.3 is 10.2 Å². The van der Waals surface area contributed by atoms with Crippen LogP contribution in [0.1, 0.15) is 11.3 Å². The fourth-order valence-corrected chi connectivity index (χ4v) is 1.84. The minimum Gasteiger partial charge on any atom is -0.508 e. The second kappa shape index (κ2) is 4.84. The van der Waals surface area contributed by atoms with Crippen molar-refractivity contribution in [2.75, 3.05) is 5.43 Å². The Morgan fingerprint density at radius 3 is 2.88 bits per heavy atom. The van der Waals surface area contributed by atoms with Gasteiger partial charge in [0.2, 0.25) is 5.13 Å². The predicted molar refractivity (Wildman–Crippen MR) is 67.8 cm³/mol. The third kappa shape index (κ3) is 2.94. The number of nitrogens with zero attached hydrogens (tertiary/aromatic N) is 2. The van der Waals surface area contributed by atoms with Crippen molar-refractivity contribution in [3.05, 3.63) is 34.8 Å². The zero-order chi connectivity index (χ0) is 12.3. The molecule has 5 nitrogen and oxygen atoms in total. The number of aromatic hydroxyl groups is 2. The summed E-state index contributed by atoms with van der Waals surface area (Å²) in [7, 11) is 0. The Morgan fingerprint density at radius 2 is 2.24 bits per heavy atom. The number of anilines is 1. The van der Waals surface area contributed by atoms with E-state index in [0.717, 1.165) is 5.69 Å². The average molecular weight is 249 g/mol. The zero-order valence-electron chi connectivity index (χ0n) is 9.08. The van der Waals surface area contributed by atoms with Crippen LogP contribution in [0.5, 0.6) is 11.5 Å². The standard InChI is InChI=1S/C11H11N3O2S/c1-7-6-17-11(13-7)14-12-5-8-2-3-9(15)4-10(8)16/h2-6,15-16H,1H3,(H,13,14)/b12-5-. The molecule has 0 amide bonds. The molecule has 3 N–H and O–H groups in total. The molecule has 0 unspecified atom stereocenters. The summed E-state index contributed by atoms with van der Waals surface area (Å²) in [5, 5.41) is 25.2. The van der Waals surface area contributed by atoms with Crippen LogP contribution in [0.25, 0.3) is 0 Å². The molecule has 6 heteroatoms. The molecule has 0 saturated carbocycles. The smallest absolute Gasteiger partial charge is 0.203 e. The van der Waals surface area contributed by atoms with Crippen LogP contribution in [-0.4, -0.2) is 21.4 Å². The number of nitrogens with one attached hydrogen (secondary N) is 1. The fourth-order valence-electron chi connectivity index (χ4n) is 1.20. The van der Waals surface area contributed by atoms with E-state index in [9.17, 15) is 5.11 Å². The molecule has 1 aromatic heterocycles. The van der Waals surface area contributed by atoms with Crippen LogP contribution in [0.2, 0.25) is 0 Å². The molecule has 2 aromatic rings. The van der Waals surface area contributed by atoms with Gasteiger partial charge in [0.1, 0.15) is 11.5 Å². The van der Waals surface area contributed by atoms with E-state index in [-0.39, 0.29) is 11.5 Å². The Bertz CT molecular complexity index is 551. The first-order chi connectivity index (χ1) is 8.15. The zero-order valence-corrected chi connectivity index (χ0v) is 9.90. The van der Waals surface area contributed by atoms with Crippen molar-refractivity contribution in [3.8, 4) is 11.5 Å². The first-order valence-electron chi connectivity index (χ1n) is 4.88. The molecule has 0 fully saturated rings. The lowest BCUT2D eigenvalue weighted by Crippen LogP contribution is -1.90. The molecule has 88 valence electrons. The van der Waals surface area contributed by atoms with Crippen LogP contribution in [0.15, 0.2) is 28.7 Å². The summed E-state index contributed by atoms with van der Waals surface area (Å²) in [6, 6.07) is 4.31. The van der Waals surface area contributed by atoms with E-state index < -0.39 is 0 Å². The first-order valence-corrected chi connectivity index (χ1v) is 5.76. The summed E-state index contributed by atoms with van der Waals surface area (Å²) < 4.78 is 0. The second-order valence-corrected chi connectivity index (χ2v) is 4.27. The number of aryl methyl sites for hydroxylation is 1. The van der Waals surface area contributed by atoms with Crippen LogP contribution in [0, 0.1) is 6.92 Å². The fraction of sp³-hybridized carbons (Fsp3) is 0.0909. The molecule has 17 heavy (non-hydrogen) atoms. The number of hydrazone groups is 1. The molecule has 0 bridgehead atoms. The summed E-state index contributed by atoms with van der Waals surface area (Å²) in [5.41, 5.74) is 4.21. The van der Waals surface area contributed by atoms with Crippen molar-refractivity contribution in [1.82, 2.24) is 4.98 Å². The van der Waals surface area contributed by atoms with Crippen molar-refractivity contribution < 1.29 is 10.2 Å². The molecule has 0 saturated heterocycles. The average Bonchev–Trinajstić information content (AvgIpc) is 2.68. The summed E-state index contributed by atoms with van der Waals surface area (Å²) in [5.74, 6) is -0.00553. The highest BCUT2D eigenvalue weighted by Gasteiger charge is 1.99. The van der Waals surface area contributed by atoms with Crippen LogP contribution in [-0.2, 0) is 0 Å². The minimum atomic E-state index is -0.0223. The van der Waals surface area contributed by atoms with Gasteiger partial charge in [0.15, 0.2) is 0 Å². The van der Waals surface area contributed by atoms with Gasteiger partial charge in [0, 0.05) is 17.0 Å². The number of phenols is 2. The highest BCUT2D eigenvalue weighted by Crippen LogP contribution is 2.21. The van der Waals surface area contributed by atoms with Gasteiger partial charge in [-0.15, -0.1) is 11.3 Å². The number of rotatable bonds is 3. The maximum atomic E-state index is 9.50. The molecule has 0 aliphatic rings. The number of aromatic nitrogens is 1. The maximum absolute atomic E-state index is 9.50. The third-order valence-corrected chi connectivity index (χ3v) is 2.86. The van der Waals surface area contributed by atoms with Gasteiger partial charge in [-0.05, 0) is 19.1 Å². The van der Waals surface area contributed by atoms with Gasteiger partial charge in [-0.3, -0.25) is 5.43 Å². The Hall–Kier alpha value is -2.08. The summed E-state index contributed by atoms with van der Waals surface area (Å²) in [6.45, 7) is 1.90. The Balaban J connectivity index is 2.05. The van der Waals surface area contributed by atoms with E-state index in [2.05, 4.69) is 15.5 Å². The van der Waals surface area contributed by atoms with Crippen molar-refractivity contribution >= 4 is 22.7 Å². The van der Waals surface area contributed by atoms with Gasteiger partial charge in [-0.2, -0.15) is 5.10 Å². The van der Waals surface area contributed by atoms with Gasteiger partial charge in [-0.25, -0.2) is 4.98 Å². The Labute approximate surface area is 102 Å². The largest absolute Gasteiger partial charge is 0.508 e. The van der Waals surface area contributed by atoms with Crippen LogP contribution >= 0.6 is 11.3 Å². The van der Waals surface area contributed by atoms with E-state index in [0.29, 0.717) is 10.7 Å². The van der Waals surface area contributed by atoms with Crippen LogP contribution in [0.4, 0.5) is 5.13 Å². The van der Waals surface area contributed by atoms with Gasteiger partial charge >= 0.3 is 0 Å². The highest BCUT2D eigenvalue weighted by molar-refractivity contribution is 7.13. The molecular formula is C11H11N3O2S. The molecule has 0 spiro atoms. The number of benzene rings is 1. The van der Waals surface area contributed by atoms with Crippen LogP contribution < -0.4 is 5.43 Å². The number of hydrogen-bond acceptors (Lipinski definition) is 6. The topological polar surface area (TPSA) is 77.7 Å². The molecule has 1 aromatic carbocycles. The lowest BCUT2D eigenvalue weighted by atomic mass is 10.2. The predicted octanol–water partition coefficient (Wildman–Crippen LogP) is 2.31. The maximum Gasteiger partial charge on any atom is 0.203 e. The molecule has 0 atom stereocenters. The minimum absolute atomic E-state index is 0.0168. The summed E-state index contributed by atoms with van der Waals surface area (Å²) in [4.78, 5) is 4.17. The van der Waals surface area contributed by atoms with Crippen molar-refractivity contribution in [2.45, 2.75) is 6.92 Å². The SMILES string of the molecule is Cc1csc(N/N=C\c2ccc(O)cc2O)n1. The molecular weight excluding hydrogens is 238 g/mol. The first kappa shape index (κ1) is 11.4. The highest BCUT2D eigenvalue weighted by atomic mass is 32.1. The van der Waals surface area contributed by atoms with E-state index in [1.165, 1.54) is 29.7 Å². The molecule has 0 radical (unpaired) electrons. The van der Waals surface area contributed by atoms with Gasteiger partial charge in [0.05, 0.1) is 11.9 Å². The molecule has 2 rings (SSSR count). The van der Waals surface area contributed by atoms with E-state index in [4.69, 9.17) is 5.11 Å². The summed E-state index contributed by atoms with van der Waals surface area (Å²) in [6.07, 6.45) is 1.46. The molecule has 0 aliphatic carbocycles. The van der Waals surface area contributed by atoms with Gasteiger partial charge in [-0.1, -0.05) is 0 Å². The van der Waals surface area contributed by atoms with E-state index in [1.807, 2.05) is 12.3 Å². The number of hydrogen-bond donors (Lipinski definition) is 3. The van der Waals surface area contributed by atoms with Crippen LogP contribution in [0.3, 0.4) is 0 Å². The van der Waals surface area contributed by atoms with Crippen molar-refractivity contribution in [1.29, 1.82) is 0 Å². The quantitative estimate of drug-likeness (QED) is 0.576. The lowest BCUT2D eigenvalue weighted by Gasteiger charge is -1.99. The second-order valence-electron chi connectivity index (χ2n) is 3.41. The molecule has 1 heterocycles. The molecule has 0 aliphatic heterocycles. The van der Waals surface area contributed by atoms with E-state index in [1.54, 1.807) is 6.07 Å². The monoisotopic (exact) mass is 249 g/mol. The Morgan fingerprint density at radius 1 is 1.41 bits per heavy atom. The number of thiazole rings is 1. The van der Waals surface area contributed by atoms with Crippen molar-refractivity contribution in [3.63, 3.8) is 0 Å². The lowest BCUT2D eigenvalue weighted by molar-refractivity contribution is 0.450. The summed E-state index contributed by atoms with van der Waals surface area (Å²) >= 11 is 1.45. The Kier molecular flexibility index (Phi) is 3.24. The van der Waals surface area contributed by atoms with E-state index >= 15 is 0 Å². The third-order valence-electron chi connectivity index (χ3n) is 2.00.